The molecule has 9 heteroatoms. The average Bonchev–Trinajstić information content (AvgIpc) is 3.18. The van der Waals surface area contributed by atoms with Crippen LogP contribution in [0.1, 0.15) is 31.7 Å². The second-order valence-corrected chi connectivity index (χ2v) is 8.09. The van der Waals surface area contributed by atoms with Crippen molar-refractivity contribution in [1.29, 1.82) is 0 Å². The van der Waals surface area contributed by atoms with Gasteiger partial charge in [0.2, 0.25) is 5.60 Å². The molecule has 1 aromatic carbocycles. The van der Waals surface area contributed by atoms with Crippen LogP contribution in [0, 0.1) is 0 Å². The zero-order valence-electron chi connectivity index (χ0n) is 15.7. The number of nitrogens with one attached hydrogen (secondary N) is 1. The largest absolute Gasteiger partial charge is 0.379 e. The maximum absolute atomic E-state index is 13.1. The third kappa shape index (κ3) is 2.83. The highest BCUT2D eigenvalue weighted by atomic mass is 35.5. The molecule has 0 aliphatic carbocycles. The van der Waals surface area contributed by atoms with Gasteiger partial charge in [0.15, 0.2) is 0 Å². The monoisotopic (exact) mass is 404 g/mol. The quantitative estimate of drug-likeness (QED) is 0.760. The minimum Gasteiger partial charge on any atom is -0.379 e. The number of oxime groups is 1. The van der Waals surface area contributed by atoms with Crippen LogP contribution in [-0.4, -0.2) is 64.6 Å². The Hall–Kier alpha value is -2.61. The molecule has 148 valence electrons. The SMILES string of the molecule is CN1C(=O)NC2(CCN(C(=O)[C@@]3(C)CC(c4ccccc4Cl)=NO3)CC2)C1=O. The highest BCUT2D eigenvalue weighted by molar-refractivity contribution is 6.34. The molecule has 0 radical (unpaired) electrons. The summed E-state index contributed by atoms with van der Waals surface area (Å²) in [7, 11) is 1.46. The van der Waals surface area contributed by atoms with E-state index in [1.807, 2.05) is 18.2 Å². The number of hydrogen-bond acceptors (Lipinski definition) is 5. The lowest BCUT2D eigenvalue weighted by Gasteiger charge is -2.39. The van der Waals surface area contributed by atoms with Gasteiger partial charge in [-0.2, -0.15) is 0 Å². The molecule has 2 fully saturated rings. The van der Waals surface area contributed by atoms with E-state index in [-0.39, 0.29) is 11.8 Å². The maximum atomic E-state index is 13.1. The van der Waals surface area contributed by atoms with Crippen molar-refractivity contribution in [2.75, 3.05) is 20.1 Å². The third-order valence-electron chi connectivity index (χ3n) is 5.77. The number of nitrogens with zero attached hydrogens (tertiary/aromatic N) is 3. The molecular weight excluding hydrogens is 384 g/mol. The fourth-order valence-corrected chi connectivity index (χ4v) is 4.26. The number of amides is 4. The second-order valence-electron chi connectivity index (χ2n) is 7.69. The van der Waals surface area contributed by atoms with E-state index >= 15 is 0 Å². The number of rotatable bonds is 2. The van der Waals surface area contributed by atoms with Gasteiger partial charge < -0.3 is 15.1 Å². The number of carbonyl (C=O) groups is 3. The molecule has 1 N–H and O–H groups in total. The van der Waals surface area contributed by atoms with E-state index < -0.39 is 17.2 Å². The van der Waals surface area contributed by atoms with E-state index in [2.05, 4.69) is 10.5 Å². The van der Waals surface area contributed by atoms with Crippen molar-refractivity contribution in [3.05, 3.63) is 34.9 Å². The molecule has 0 bridgehead atoms. The molecule has 0 aromatic heterocycles. The first kappa shape index (κ1) is 18.7. The van der Waals surface area contributed by atoms with Gasteiger partial charge in [-0.3, -0.25) is 14.5 Å². The first-order valence-electron chi connectivity index (χ1n) is 9.15. The number of carbonyl (C=O) groups excluding carboxylic acids is 3. The van der Waals surface area contributed by atoms with E-state index in [0.717, 1.165) is 10.5 Å². The lowest BCUT2D eigenvalue weighted by molar-refractivity contribution is -0.156. The van der Waals surface area contributed by atoms with Crippen LogP contribution in [0.3, 0.4) is 0 Å². The van der Waals surface area contributed by atoms with Crippen LogP contribution in [0.2, 0.25) is 5.02 Å². The van der Waals surface area contributed by atoms with Crippen LogP contribution in [0.25, 0.3) is 0 Å². The van der Waals surface area contributed by atoms with Crippen molar-refractivity contribution in [2.24, 2.45) is 5.16 Å². The van der Waals surface area contributed by atoms with Crippen LogP contribution in [0.4, 0.5) is 4.79 Å². The Morgan fingerprint density at radius 3 is 2.54 bits per heavy atom. The van der Waals surface area contributed by atoms with Gasteiger partial charge in [0.25, 0.3) is 11.8 Å². The van der Waals surface area contributed by atoms with Gasteiger partial charge in [-0.25, -0.2) is 4.79 Å². The van der Waals surface area contributed by atoms with Crippen LogP contribution in [0.5, 0.6) is 0 Å². The van der Waals surface area contributed by atoms with E-state index in [9.17, 15) is 14.4 Å². The molecule has 28 heavy (non-hydrogen) atoms. The predicted octanol–water partition coefficient (Wildman–Crippen LogP) is 1.77. The Morgan fingerprint density at radius 1 is 1.25 bits per heavy atom. The molecule has 0 unspecified atom stereocenters. The molecule has 4 rings (SSSR count). The van der Waals surface area contributed by atoms with E-state index in [4.69, 9.17) is 16.4 Å². The minimum atomic E-state index is -1.11. The molecule has 0 saturated carbocycles. The van der Waals surface area contributed by atoms with Gasteiger partial charge in [0, 0.05) is 37.1 Å². The summed E-state index contributed by atoms with van der Waals surface area (Å²) in [4.78, 5) is 45.6. The Kier molecular flexibility index (Phi) is 4.33. The summed E-state index contributed by atoms with van der Waals surface area (Å²) in [5.74, 6) is -0.421. The molecule has 3 aliphatic rings. The number of imide groups is 1. The van der Waals surface area contributed by atoms with Crippen molar-refractivity contribution < 1.29 is 19.2 Å². The normalized spacial score (nSPS) is 26.3. The topological polar surface area (TPSA) is 91.3 Å². The molecule has 2 saturated heterocycles. The van der Waals surface area contributed by atoms with E-state index in [1.165, 1.54) is 7.05 Å². The first-order valence-corrected chi connectivity index (χ1v) is 9.53. The lowest BCUT2D eigenvalue weighted by Crippen LogP contribution is -2.58. The Balaban J connectivity index is 1.43. The lowest BCUT2D eigenvalue weighted by atomic mass is 9.86. The van der Waals surface area contributed by atoms with Gasteiger partial charge in [-0.15, -0.1) is 0 Å². The first-order chi connectivity index (χ1) is 13.3. The van der Waals surface area contributed by atoms with Crippen molar-refractivity contribution in [2.45, 2.75) is 37.3 Å². The number of hydrogen-bond donors (Lipinski definition) is 1. The van der Waals surface area contributed by atoms with Crippen molar-refractivity contribution in [3.63, 3.8) is 0 Å². The fraction of sp³-hybridized carbons (Fsp3) is 0.474. The van der Waals surface area contributed by atoms with E-state index in [1.54, 1.807) is 17.9 Å². The van der Waals surface area contributed by atoms with Crippen LogP contribution in [-0.2, 0) is 14.4 Å². The number of benzene rings is 1. The second kappa shape index (κ2) is 6.48. The zero-order chi connectivity index (χ0) is 20.1. The standard InChI is InChI=1S/C19H21ClN4O4/c1-18(11-14(22-28-18)12-5-3-4-6-13(12)20)15(25)24-9-7-19(8-10-24)16(26)23(2)17(27)21-19/h3-6H,7-11H2,1-2H3,(H,21,27)/t18-/m1/s1. The van der Waals surface area contributed by atoms with Gasteiger partial charge in [-0.1, -0.05) is 35.0 Å². The summed E-state index contributed by atoms with van der Waals surface area (Å²) in [6.45, 7) is 2.43. The third-order valence-corrected chi connectivity index (χ3v) is 6.10. The Labute approximate surface area is 167 Å². The van der Waals surface area contributed by atoms with Gasteiger partial charge >= 0.3 is 6.03 Å². The van der Waals surface area contributed by atoms with Gasteiger partial charge in [0.05, 0.1) is 5.71 Å². The number of likely N-dealkylation sites (tertiary alicyclic amines) is 1. The molecule has 3 aliphatic heterocycles. The summed E-state index contributed by atoms with van der Waals surface area (Å²) in [5, 5.41) is 7.44. The molecule has 1 atom stereocenters. The van der Waals surface area contributed by atoms with Gasteiger partial charge in [0.1, 0.15) is 5.54 Å². The molecule has 1 spiro atoms. The van der Waals surface area contributed by atoms with Crippen molar-refractivity contribution >= 4 is 35.2 Å². The highest BCUT2D eigenvalue weighted by Gasteiger charge is 2.53. The molecule has 8 nitrogen and oxygen atoms in total. The molecule has 1 aromatic rings. The van der Waals surface area contributed by atoms with Gasteiger partial charge in [-0.05, 0) is 25.8 Å². The summed E-state index contributed by atoms with van der Waals surface area (Å²) in [6, 6.07) is 6.90. The summed E-state index contributed by atoms with van der Waals surface area (Å²) in [5.41, 5.74) is -0.631. The Morgan fingerprint density at radius 2 is 1.93 bits per heavy atom. The van der Waals surface area contributed by atoms with E-state index in [0.29, 0.717) is 43.1 Å². The zero-order valence-corrected chi connectivity index (χ0v) is 16.5. The molecular formula is C19H21ClN4O4. The Bertz CT molecular complexity index is 894. The van der Waals surface area contributed by atoms with Crippen LogP contribution in [0.15, 0.2) is 29.4 Å². The maximum Gasteiger partial charge on any atom is 0.324 e. The highest BCUT2D eigenvalue weighted by Crippen LogP contribution is 2.34. The predicted molar refractivity (Wildman–Crippen MR) is 102 cm³/mol. The molecule has 4 amide bonds. The number of halogens is 1. The summed E-state index contributed by atoms with van der Waals surface area (Å²) >= 11 is 6.23. The summed E-state index contributed by atoms with van der Waals surface area (Å²) < 4.78 is 0. The van der Waals surface area contributed by atoms with Crippen molar-refractivity contribution in [3.8, 4) is 0 Å². The number of likely N-dealkylation sites (N-methyl/N-ethyl adjacent to an activating group) is 1. The van der Waals surface area contributed by atoms with Crippen LogP contribution < -0.4 is 5.32 Å². The minimum absolute atomic E-state index is 0.182. The number of urea groups is 1. The smallest absolute Gasteiger partial charge is 0.324 e. The summed E-state index contributed by atoms with van der Waals surface area (Å²) in [6.07, 6.45) is 1.07. The average molecular weight is 405 g/mol. The number of piperidine rings is 1. The molecule has 3 heterocycles. The van der Waals surface area contributed by atoms with Crippen molar-refractivity contribution in [1.82, 2.24) is 15.1 Å². The van der Waals surface area contributed by atoms with Crippen LogP contribution >= 0.6 is 11.6 Å². The fourth-order valence-electron chi connectivity index (χ4n) is 4.01.